The van der Waals surface area contributed by atoms with E-state index in [0.717, 1.165) is 17.2 Å². The summed E-state index contributed by atoms with van der Waals surface area (Å²) in [5.41, 5.74) is 1.10. The molecule has 2 aromatic carbocycles. The van der Waals surface area contributed by atoms with Crippen LogP contribution in [0.3, 0.4) is 0 Å². The Morgan fingerprint density at radius 3 is 2.40 bits per heavy atom. The molecular weight excluding hydrogens is 619 g/mol. The predicted molar refractivity (Wildman–Crippen MR) is 180 cm³/mol. The first kappa shape index (κ1) is 34.2. The van der Waals surface area contributed by atoms with Crippen LogP contribution < -0.4 is 4.72 Å². The van der Waals surface area contributed by atoms with Crippen molar-refractivity contribution in [3.63, 3.8) is 0 Å². The minimum Gasteiger partial charge on any atom is -0.381 e. The van der Waals surface area contributed by atoms with Gasteiger partial charge in [0.1, 0.15) is 0 Å². The molecule has 43 heavy (non-hydrogen) atoms. The number of sulfonamides is 1. The van der Waals surface area contributed by atoms with Crippen molar-refractivity contribution in [3.8, 4) is 0 Å². The van der Waals surface area contributed by atoms with Gasteiger partial charge >= 0.3 is 0 Å². The second kappa shape index (κ2) is 14.2. The Morgan fingerprint density at radius 1 is 1.12 bits per heavy atom. The Bertz CT molecular complexity index is 1380. The molecule has 4 rings (SSSR count). The summed E-state index contributed by atoms with van der Waals surface area (Å²) in [6.45, 7) is 14.0. The molecule has 1 saturated heterocycles. The lowest BCUT2D eigenvalue weighted by atomic mass is 9.66. The molecule has 10 heteroatoms. The third kappa shape index (κ3) is 8.53. The number of carbonyl (C=O) groups excluding carboxylic acids is 1. The summed E-state index contributed by atoms with van der Waals surface area (Å²) >= 11 is 12.8. The number of allylic oxidation sites excluding steroid dienone is 1. The first-order valence-electron chi connectivity index (χ1n) is 15.3. The summed E-state index contributed by atoms with van der Waals surface area (Å²) in [7, 11) is -4.78. The number of ether oxygens (including phenoxy) is 1. The fourth-order valence-corrected chi connectivity index (χ4v) is 8.62. The number of halogens is 2. The van der Waals surface area contributed by atoms with Gasteiger partial charge in [-0.3, -0.25) is 4.79 Å². The molecule has 2 fully saturated rings. The zero-order chi connectivity index (χ0) is 31.4. The number of carbonyl (C=O) groups is 1. The van der Waals surface area contributed by atoms with Crippen molar-refractivity contribution in [1.82, 2.24) is 9.62 Å². The Labute approximate surface area is 269 Å². The normalized spacial score (nSPS) is 23.8. The van der Waals surface area contributed by atoms with Crippen molar-refractivity contribution in [2.45, 2.75) is 88.0 Å². The molecule has 236 valence electrons. The van der Waals surface area contributed by atoms with Crippen LogP contribution in [-0.4, -0.2) is 58.3 Å². The molecular formula is C33H46Cl2N2O4SSi. The maximum atomic E-state index is 15.0. The Kier molecular flexibility index (Phi) is 11.3. The van der Waals surface area contributed by atoms with Crippen LogP contribution in [0.1, 0.15) is 62.1 Å². The first-order chi connectivity index (χ1) is 20.3. The highest BCUT2D eigenvalue weighted by Gasteiger charge is 2.53. The van der Waals surface area contributed by atoms with E-state index in [-0.39, 0.29) is 42.3 Å². The third-order valence-corrected chi connectivity index (χ3v) is 12.8. The lowest BCUT2D eigenvalue weighted by Gasteiger charge is -2.53. The molecule has 2 aromatic rings. The average Bonchev–Trinajstić information content (AvgIpc) is 3.80. The molecule has 1 unspecified atom stereocenters. The molecule has 6 nitrogen and oxygen atoms in total. The van der Waals surface area contributed by atoms with Crippen LogP contribution in [0.2, 0.25) is 35.7 Å². The van der Waals surface area contributed by atoms with E-state index in [9.17, 15) is 13.2 Å². The van der Waals surface area contributed by atoms with Gasteiger partial charge in [0.05, 0.1) is 23.3 Å². The minimum atomic E-state index is -3.44. The number of nitrogens with one attached hydrogen (secondary N) is 1. The molecule has 1 amide bonds. The summed E-state index contributed by atoms with van der Waals surface area (Å²) in [5, 5.41) is 0.895. The van der Waals surface area contributed by atoms with Gasteiger partial charge in [0.15, 0.2) is 0 Å². The second-order valence-electron chi connectivity index (χ2n) is 13.4. The lowest BCUT2D eigenvalue weighted by molar-refractivity contribution is -0.160. The maximum Gasteiger partial charge on any atom is 0.232 e. The van der Waals surface area contributed by atoms with Crippen LogP contribution in [0.25, 0.3) is 0 Å². The number of benzene rings is 2. The van der Waals surface area contributed by atoms with E-state index in [1.54, 1.807) is 0 Å². The summed E-state index contributed by atoms with van der Waals surface area (Å²) in [5.74, 6) is -0.164. The number of piperidine rings is 1. The molecule has 4 atom stereocenters. The van der Waals surface area contributed by atoms with E-state index in [2.05, 4.69) is 37.0 Å². The number of amides is 1. The van der Waals surface area contributed by atoms with E-state index in [1.165, 1.54) is 0 Å². The van der Waals surface area contributed by atoms with E-state index >= 15 is 0 Å². The fraction of sp³-hybridized carbons (Fsp3) is 0.545. The predicted octanol–water partition coefficient (Wildman–Crippen LogP) is 7.83. The number of nitrogens with zero attached hydrogens (tertiary/aromatic N) is 1. The monoisotopic (exact) mass is 664 g/mol. The van der Waals surface area contributed by atoms with Gasteiger partial charge in [-0.1, -0.05) is 80.1 Å². The van der Waals surface area contributed by atoms with Crippen molar-refractivity contribution >= 4 is 47.2 Å². The van der Waals surface area contributed by atoms with Gasteiger partial charge in [-0.2, -0.15) is 0 Å². The fourth-order valence-electron chi connectivity index (χ4n) is 6.12. The highest BCUT2D eigenvalue weighted by Crippen LogP contribution is 2.52. The number of hydrogen-bond donors (Lipinski definition) is 1. The second-order valence-corrected chi connectivity index (χ2v) is 21.9. The maximum absolute atomic E-state index is 15.0. The SMILES string of the molecule is C=CC[C@@]1(COCC[Si](C)(C)C)CC(c2cccc(Cl)c2)[C@@H](c2ccc(Cl)cc2)N([C@@H](CC)CNS(=O)(=O)C2CC2)C1=O. The van der Waals surface area contributed by atoms with Crippen molar-refractivity contribution in [2.24, 2.45) is 5.41 Å². The van der Waals surface area contributed by atoms with Gasteiger partial charge in [0, 0.05) is 43.2 Å². The summed E-state index contributed by atoms with van der Waals surface area (Å²) < 4.78 is 35.0. The zero-order valence-electron chi connectivity index (χ0n) is 25.8. The highest BCUT2D eigenvalue weighted by atomic mass is 35.5. The highest BCUT2D eigenvalue weighted by molar-refractivity contribution is 7.90. The molecule has 0 bridgehead atoms. The molecule has 1 heterocycles. The van der Waals surface area contributed by atoms with Crippen LogP contribution in [-0.2, 0) is 19.6 Å². The smallest absolute Gasteiger partial charge is 0.232 e. The topological polar surface area (TPSA) is 75.7 Å². The standard InChI is InChI=1S/C33H46Cl2N2O4SSi/c1-6-17-33(23-41-18-19-43(3,4)5)21-30(25-9-8-10-27(35)20-25)31(24-11-13-26(34)14-12-24)37(32(33)38)28(7-2)22-36-42(39,40)29-15-16-29/h6,8-14,20,28-31,36H,1,7,15-19,21-23H2,2-5H3/t28-,30?,31+,33-/m0/s1. The number of rotatable bonds is 15. The molecule has 0 radical (unpaired) electrons. The van der Waals surface area contributed by atoms with Crippen LogP contribution in [0.15, 0.2) is 61.2 Å². The molecule has 1 aliphatic heterocycles. The van der Waals surface area contributed by atoms with E-state index in [1.807, 2.05) is 60.4 Å². The van der Waals surface area contributed by atoms with Gasteiger partial charge in [-0.05, 0) is 73.5 Å². The summed E-state index contributed by atoms with van der Waals surface area (Å²) in [6, 6.07) is 15.7. The van der Waals surface area contributed by atoms with Crippen LogP contribution in [0, 0.1) is 5.41 Å². The van der Waals surface area contributed by atoms with Gasteiger partial charge < -0.3 is 9.64 Å². The summed E-state index contributed by atoms with van der Waals surface area (Å²) in [4.78, 5) is 16.9. The molecule has 1 N–H and O–H groups in total. The largest absolute Gasteiger partial charge is 0.381 e. The first-order valence-corrected chi connectivity index (χ1v) is 21.3. The van der Waals surface area contributed by atoms with Gasteiger partial charge in [-0.25, -0.2) is 13.1 Å². The molecule has 0 aromatic heterocycles. The Hall–Kier alpha value is -1.68. The minimum absolute atomic E-state index is 0.0314. The van der Waals surface area contributed by atoms with Gasteiger partial charge in [0.2, 0.25) is 15.9 Å². The number of likely N-dealkylation sites (tertiary alicyclic amines) is 1. The van der Waals surface area contributed by atoms with Crippen molar-refractivity contribution in [2.75, 3.05) is 19.8 Å². The van der Waals surface area contributed by atoms with Gasteiger partial charge in [0.25, 0.3) is 0 Å². The average molecular weight is 666 g/mol. The molecule has 2 aliphatic rings. The van der Waals surface area contributed by atoms with Crippen LogP contribution >= 0.6 is 23.2 Å². The van der Waals surface area contributed by atoms with Gasteiger partial charge in [-0.15, -0.1) is 6.58 Å². The van der Waals surface area contributed by atoms with Crippen LogP contribution in [0.4, 0.5) is 0 Å². The van der Waals surface area contributed by atoms with Crippen molar-refractivity contribution in [3.05, 3.63) is 82.4 Å². The molecule has 1 saturated carbocycles. The summed E-state index contributed by atoms with van der Waals surface area (Å²) in [6.07, 6.45) is 4.73. The van der Waals surface area contributed by atoms with Crippen molar-refractivity contribution < 1.29 is 17.9 Å². The van der Waals surface area contributed by atoms with E-state index in [0.29, 0.717) is 48.8 Å². The lowest BCUT2D eigenvalue weighted by Crippen LogP contribution is -2.59. The molecule has 0 spiro atoms. The zero-order valence-corrected chi connectivity index (χ0v) is 29.1. The van der Waals surface area contributed by atoms with Crippen molar-refractivity contribution in [1.29, 1.82) is 0 Å². The quantitative estimate of drug-likeness (QED) is 0.120. The Balaban J connectivity index is 1.82. The third-order valence-electron chi connectivity index (χ3n) is 8.73. The van der Waals surface area contributed by atoms with E-state index < -0.39 is 23.5 Å². The Morgan fingerprint density at radius 2 is 1.81 bits per heavy atom. The van der Waals surface area contributed by atoms with Crippen LogP contribution in [0.5, 0.6) is 0 Å². The number of hydrogen-bond acceptors (Lipinski definition) is 4. The molecule has 1 aliphatic carbocycles. The van der Waals surface area contributed by atoms with E-state index in [4.69, 9.17) is 27.9 Å².